The van der Waals surface area contributed by atoms with Crippen molar-refractivity contribution in [3.05, 3.63) is 35.4 Å². The molecule has 0 bridgehead atoms. The molecule has 0 amide bonds. The van der Waals surface area contributed by atoms with E-state index in [0.29, 0.717) is 12.1 Å². The van der Waals surface area contributed by atoms with Crippen molar-refractivity contribution in [2.24, 2.45) is 0 Å². The van der Waals surface area contributed by atoms with Crippen molar-refractivity contribution < 1.29 is 4.74 Å². The summed E-state index contributed by atoms with van der Waals surface area (Å²) >= 11 is 0. The minimum absolute atomic E-state index is 0.461. The number of aryl methyl sites for hydroxylation is 1. The van der Waals surface area contributed by atoms with E-state index in [9.17, 15) is 0 Å². The molecule has 2 unspecified atom stereocenters. The second-order valence-electron chi connectivity index (χ2n) is 6.21. The van der Waals surface area contributed by atoms with Gasteiger partial charge in [-0.3, -0.25) is 0 Å². The fraction of sp³-hybridized carbons (Fsp3) is 0.684. The molecule has 0 spiro atoms. The van der Waals surface area contributed by atoms with Crippen LogP contribution in [0.25, 0.3) is 0 Å². The molecule has 0 heterocycles. The van der Waals surface area contributed by atoms with E-state index in [2.05, 4.69) is 36.5 Å². The number of benzene rings is 1. The topological polar surface area (TPSA) is 21.3 Å². The molecule has 2 heteroatoms. The van der Waals surface area contributed by atoms with Crippen molar-refractivity contribution in [2.45, 2.75) is 70.4 Å². The van der Waals surface area contributed by atoms with Gasteiger partial charge < -0.3 is 10.1 Å². The van der Waals surface area contributed by atoms with E-state index in [-0.39, 0.29) is 0 Å². The van der Waals surface area contributed by atoms with E-state index >= 15 is 0 Å². The van der Waals surface area contributed by atoms with Crippen LogP contribution in [0.4, 0.5) is 0 Å². The van der Waals surface area contributed by atoms with E-state index in [4.69, 9.17) is 4.74 Å². The van der Waals surface area contributed by atoms with Crippen LogP contribution < -0.4 is 5.32 Å². The summed E-state index contributed by atoms with van der Waals surface area (Å²) in [4.78, 5) is 0. The Morgan fingerprint density at radius 1 is 1.24 bits per heavy atom. The smallest absolute Gasteiger partial charge is 0.0568 e. The van der Waals surface area contributed by atoms with E-state index in [1.54, 1.807) is 5.56 Å². The number of hydrogen-bond acceptors (Lipinski definition) is 2. The van der Waals surface area contributed by atoms with Gasteiger partial charge in [-0.25, -0.2) is 0 Å². The lowest BCUT2D eigenvalue weighted by atomic mass is 9.88. The molecule has 1 N–H and O–H groups in total. The van der Waals surface area contributed by atoms with Gasteiger partial charge in [0.25, 0.3) is 0 Å². The summed E-state index contributed by atoms with van der Waals surface area (Å²) in [7, 11) is 1.83. The predicted octanol–water partition coefficient (Wildman–Crippen LogP) is 4.64. The van der Waals surface area contributed by atoms with Crippen LogP contribution in [-0.2, 0) is 11.2 Å². The zero-order valence-electron chi connectivity index (χ0n) is 13.7. The van der Waals surface area contributed by atoms with Crippen LogP contribution in [0.3, 0.4) is 0 Å². The first-order valence-corrected chi connectivity index (χ1v) is 8.69. The maximum absolute atomic E-state index is 5.42. The van der Waals surface area contributed by atoms with Gasteiger partial charge in [0.1, 0.15) is 0 Å². The highest BCUT2D eigenvalue weighted by Crippen LogP contribution is 2.29. The highest BCUT2D eigenvalue weighted by Gasteiger charge is 2.18. The molecule has 2 rings (SSSR count). The normalized spacial score (nSPS) is 19.2. The lowest BCUT2D eigenvalue weighted by molar-refractivity contribution is 0.0897. The highest BCUT2D eigenvalue weighted by atomic mass is 16.5. The summed E-state index contributed by atoms with van der Waals surface area (Å²) in [6.45, 7) is 3.35. The van der Waals surface area contributed by atoms with Gasteiger partial charge >= 0.3 is 0 Å². The largest absolute Gasteiger partial charge is 0.381 e. The van der Waals surface area contributed by atoms with Gasteiger partial charge in [-0.1, -0.05) is 44.0 Å². The fourth-order valence-corrected chi connectivity index (χ4v) is 3.40. The lowest BCUT2D eigenvalue weighted by Gasteiger charge is -2.26. The summed E-state index contributed by atoms with van der Waals surface area (Å²) in [6.07, 6.45) is 10.5. The van der Waals surface area contributed by atoms with Gasteiger partial charge in [0.05, 0.1) is 6.10 Å². The average molecular weight is 289 g/mol. The molecule has 0 aromatic heterocycles. The molecule has 0 saturated heterocycles. The number of unbranched alkanes of at least 4 members (excludes halogenated alkanes) is 2. The third-order valence-corrected chi connectivity index (χ3v) is 4.75. The second-order valence-corrected chi connectivity index (χ2v) is 6.21. The van der Waals surface area contributed by atoms with Crippen molar-refractivity contribution in [1.29, 1.82) is 0 Å². The molecule has 21 heavy (non-hydrogen) atoms. The number of hydrogen-bond donors (Lipinski definition) is 1. The number of rotatable bonds is 9. The molecule has 2 atom stereocenters. The van der Waals surface area contributed by atoms with E-state index in [0.717, 1.165) is 13.0 Å². The molecule has 0 radical (unpaired) electrons. The van der Waals surface area contributed by atoms with Gasteiger partial charge in [0, 0.05) is 13.2 Å². The Hall–Kier alpha value is -0.860. The minimum Gasteiger partial charge on any atom is -0.381 e. The van der Waals surface area contributed by atoms with Crippen LogP contribution in [0.2, 0.25) is 0 Å². The number of nitrogens with one attached hydrogen (secondary N) is 1. The Morgan fingerprint density at radius 3 is 2.90 bits per heavy atom. The van der Waals surface area contributed by atoms with Crippen molar-refractivity contribution in [3.63, 3.8) is 0 Å². The zero-order chi connectivity index (χ0) is 14.9. The SMILES string of the molecule is CCC(CCCCCNC1CCCc2ccccc21)OC. The molecule has 0 saturated carbocycles. The Bertz CT molecular complexity index is 400. The average Bonchev–Trinajstić information content (AvgIpc) is 2.54. The van der Waals surface area contributed by atoms with Crippen molar-refractivity contribution >= 4 is 0 Å². The molecule has 118 valence electrons. The first kappa shape index (κ1) is 16.5. The van der Waals surface area contributed by atoms with Crippen LogP contribution in [-0.4, -0.2) is 19.8 Å². The fourth-order valence-electron chi connectivity index (χ4n) is 3.40. The summed E-state index contributed by atoms with van der Waals surface area (Å²) in [5.41, 5.74) is 3.08. The van der Waals surface area contributed by atoms with Crippen molar-refractivity contribution in [3.8, 4) is 0 Å². The van der Waals surface area contributed by atoms with Gasteiger partial charge in [0.2, 0.25) is 0 Å². The van der Waals surface area contributed by atoms with Crippen LogP contribution >= 0.6 is 0 Å². The van der Waals surface area contributed by atoms with E-state index in [1.165, 1.54) is 50.5 Å². The Balaban J connectivity index is 1.64. The summed E-state index contributed by atoms with van der Waals surface area (Å²) < 4.78 is 5.42. The summed E-state index contributed by atoms with van der Waals surface area (Å²) in [5, 5.41) is 3.76. The number of fused-ring (bicyclic) bond motifs is 1. The number of methoxy groups -OCH3 is 1. The molecular formula is C19H31NO. The third kappa shape index (κ3) is 5.12. The molecule has 2 nitrogen and oxygen atoms in total. The maximum Gasteiger partial charge on any atom is 0.0568 e. The molecule has 1 aliphatic rings. The molecule has 1 aromatic rings. The van der Waals surface area contributed by atoms with Crippen molar-refractivity contribution in [1.82, 2.24) is 5.32 Å². The Kier molecular flexibility index (Phi) is 7.25. The first-order chi connectivity index (χ1) is 10.3. The van der Waals surface area contributed by atoms with Gasteiger partial charge in [-0.05, 0) is 56.2 Å². The van der Waals surface area contributed by atoms with Crippen LogP contribution in [0.1, 0.15) is 69.0 Å². The summed E-state index contributed by atoms with van der Waals surface area (Å²) in [6, 6.07) is 9.52. The second kappa shape index (κ2) is 9.22. The predicted molar refractivity (Wildman–Crippen MR) is 89.7 cm³/mol. The summed E-state index contributed by atoms with van der Waals surface area (Å²) in [5.74, 6) is 0. The van der Waals surface area contributed by atoms with Crippen LogP contribution in [0, 0.1) is 0 Å². The lowest BCUT2D eigenvalue weighted by Crippen LogP contribution is -2.26. The van der Waals surface area contributed by atoms with E-state index in [1.807, 2.05) is 7.11 Å². The molecule has 1 aliphatic carbocycles. The van der Waals surface area contributed by atoms with Crippen LogP contribution in [0.5, 0.6) is 0 Å². The first-order valence-electron chi connectivity index (χ1n) is 8.69. The Labute approximate surface area is 130 Å². The van der Waals surface area contributed by atoms with E-state index < -0.39 is 0 Å². The Morgan fingerprint density at radius 2 is 2.10 bits per heavy atom. The van der Waals surface area contributed by atoms with Crippen LogP contribution in [0.15, 0.2) is 24.3 Å². The third-order valence-electron chi connectivity index (χ3n) is 4.75. The molecule has 0 aliphatic heterocycles. The highest BCUT2D eigenvalue weighted by molar-refractivity contribution is 5.32. The molecular weight excluding hydrogens is 258 g/mol. The number of ether oxygens (including phenoxy) is 1. The monoisotopic (exact) mass is 289 g/mol. The zero-order valence-corrected chi connectivity index (χ0v) is 13.7. The standard InChI is InChI=1S/C19H31NO/c1-3-17(21-2)12-5-4-8-15-20-19-14-9-11-16-10-6-7-13-18(16)19/h6-7,10,13,17,19-20H,3-5,8-9,11-12,14-15H2,1-2H3. The van der Waals surface area contributed by atoms with Gasteiger partial charge in [-0.2, -0.15) is 0 Å². The molecule has 1 aromatic carbocycles. The molecule has 0 fully saturated rings. The van der Waals surface area contributed by atoms with Gasteiger partial charge in [-0.15, -0.1) is 0 Å². The quantitative estimate of drug-likeness (QED) is 0.669. The minimum atomic E-state index is 0.461. The maximum atomic E-state index is 5.42. The van der Waals surface area contributed by atoms with Gasteiger partial charge in [0.15, 0.2) is 0 Å². The van der Waals surface area contributed by atoms with Crippen molar-refractivity contribution in [2.75, 3.05) is 13.7 Å².